The molecule has 0 amide bonds. The molecule has 1 saturated heterocycles. The third-order valence-corrected chi connectivity index (χ3v) is 3.94. The van der Waals surface area contributed by atoms with Crippen molar-refractivity contribution in [2.24, 2.45) is 17.1 Å². The molecule has 1 aromatic rings. The first-order valence-corrected chi connectivity index (χ1v) is 7.65. The maximum Gasteiger partial charge on any atom is 0.159 e. The van der Waals surface area contributed by atoms with Gasteiger partial charge in [-0.05, 0) is 41.9 Å². The van der Waals surface area contributed by atoms with Gasteiger partial charge in [-0.2, -0.15) is 0 Å². The molecule has 2 atom stereocenters. The number of rotatable bonds is 3. The van der Waals surface area contributed by atoms with Gasteiger partial charge in [0.2, 0.25) is 0 Å². The number of piperidine rings is 1. The Kier molecular flexibility index (Phi) is 4.99. The van der Waals surface area contributed by atoms with Gasteiger partial charge in [0, 0.05) is 25.7 Å². The van der Waals surface area contributed by atoms with Crippen LogP contribution in [0.1, 0.15) is 39.2 Å². The predicted octanol–water partition coefficient (Wildman–Crippen LogP) is 3.55. The highest BCUT2D eigenvalue weighted by molar-refractivity contribution is 5.17. The summed E-state index contributed by atoms with van der Waals surface area (Å²) in [5, 5.41) is 0. The topological polar surface area (TPSA) is 29.3 Å². The van der Waals surface area contributed by atoms with Crippen LogP contribution in [0.2, 0.25) is 0 Å². The summed E-state index contributed by atoms with van der Waals surface area (Å²) in [5.74, 6) is -1.00. The molecule has 2 nitrogen and oxygen atoms in total. The second-order valence-corrected chi connectivity index (χ2v) is 7.57. The molecule has 0 aromatic heterocycles. The van der Waals surface area contributed by atoms with E-state index >= 15 is 0 Å². The van der Waals surface area contributed by atoms with Crippen LogP contribution in [0.15, 0.2) is 18.2 Å². The van der Waals surface area contributed by atoms with Gasteiger partial charge < -0.3 is 5.73 Å². The molecule has 118 valence electrons. The first kappa shape index (κ1) is 16.4. The van der Waals surface area contributed by atoms with Crippen molar-refractivity contribution in [3.8, 4) is 0 Å². The van der Waals surface area contributed by atoms with E-state index in [2.05, 4.69) is 25.7 Å². The van der Waals surface area contributed by atoms with E-state index in [1.165, 1.54) is 12.1 Å². The number of hydrogen-bond acceptors (Lipinski definition) is 2. The lowest BCUT2D eigenvalue weighted by Crippen LogP contribution is -2.47. The molecule has 2 N–H and O–H groups in total. The molecule has 0 radical (unpaired) electrons. The fourth-order valence-electron chi connectivity index (χ4n) is 3.39. The van der Waals surface area contributed by atoms with Crippen molar-refractivity contribution < 1.29 is 8.78 Å². The standard InChI is InChI=1S/C17H26F2N2/c1-17(2,3)8-13-6-14(20)11-21(10-13)9-12-4-5-15(18)16(19)7-12/h4-5,7,13-14H,6,8-11,20H2,1-3H3. The average molecular weight is 296 g/mol. The van der Waals surface area contributed by atoms with Gasteiger partial charge in [0.1, 0.15) is 0 Å². The van der Waals surface area contributed by atoms with E-state index in [0.717, 1.165) is 31.5 Å². The van der Waals surface area contributed by atoms with Crippen LogP contribution in [-0.2, 0) is 6.54 Å². The van der Waals surface area contributed by atoms with Gasteiger partial charge in [-0.15, -0.1) is 0 Å². The van der Waals surface area contributed by atoms with Crippen LogP contribution >= 0.6 is 0 Å². The summed E-state index contributed by atoms with van der Waals surface area (Å²) in [4.78, 5) is 2.26. The summed E-state index contributed by atoms with van der Waals surface area (Å²) < 4.78 is 26.3. The molecule has 2 unspecified atom stereocenters. The molecule has 4 heteroatoms. The molecular weight excluding hydrogens is 270 g/mol. The Labute approximate surface area is 126 Å². The minimum Gasteiger partial charge on any atom is -0.327 e. The van der Waals surface area contributed by atoms with Gasteiger partial charge in [0.25, 0.3) is 0 Å². The molecule has 1 fully saturated rings. The van der Waals surface area contributed by atoms with Crippen molar-refractivity contribution in [1.29, 1.82) is 0 Å². The van der Waals surface area contributed by atoms with Crippen LogP contribution in [-0.4, -0.2) is 24.0 Å². The van der Waals surface area contributed by atoms with Crippen molar-refractivity contribution in [3.05, 3.63) is 35.4 Å². The van der Waals surface area contributed by atoms with Gasteiger partial charge in [0.15, 0.2) is 11.6 Å². The van der Waals surface area contributed by atoms with Crippen molar-refractivity contribution in [1.82, 2.24) is 4.90 Å². The summed E-state index contributed by atoms with van der Waals surface area (Å²) in [6, 6.07) is 4.29. The molecule has 0 saturated carbocycles. The Morgan fingerprint density at radius 1 is 1.19 bits per heavy atom. The van der Waals surface area contributed by atoms with E-state index in [9.17, 15) is 8.78 Å². The van der Waals surface area contributed by atoms with Crippen LogP contribution in [0.5, 0.6) is 0 Å². The zero-order chi connectivity index (χ0) is 15.6. The van der Waals surface area contributed by atoms with Crippen LogP contribution in [0, 0.1) is 23.0 Å². The molecule has 21 heavy (non-hydrogen) atoms. The molecular formula is C17H26F2N2. The van der Waals surface area contributed by atoms with E-state index in [1.807, 2.05) is 0 Å². The maximum atomic E-state index is 13.3. The molecule has 1 aromatic carbocycles. The molecule has 0 spiro atoms. The normalized spacial score (nSPS) is 24.3. The van der Waals surface area contributed by atoms with E-state index in [4.69, 9.17) is 5.73 Å². The fraction of sp³-hybridized carbons (Fsp3) is 0.647. The number of likely N-dealkylation sites (tertiary alicyclic amines) is 1. The van der Waals surface area contributed by atoms with Gasteiger partial charge in [0.05, 0.1) is 0 Å². The van der Waals surface area contributed by atoms with Gasteiger partial charge >= 0.3 is 0 Å². The second kappa shape index (κ2) is 6.41. The minimum atomic E-state index is -0.792. The summed E-state index contributed by atoms with van der Waals surface area (Å²) in [6.45, 7) is 9.15. The zero-order valence-electron chi connectivity index (χ0n) is 13.2. The summed E-state index contributed by atoms with van der Waals surface area (Å²) >= 11 is 0. The summed E-state index contributed by atoms with van der Waals surface area (Å²) in [5.41, 5.74) is 7.26. The molecule has 2 rings (SSSR count). The Hall–Kier alpha value is -1.00. The lowest BCUT2D eigenvalue weighted by molar-refractivity contribution is 0.120. The first-order chi connectivity index (χ1) is 9.73. The first-order valence-electron chi connectivity index (χ1n) is 7.65. The number of benzene rings is 1. The summed E-state index contributed by atoms with van der Waals surface area (Å²) in [7, 11) is 0. The highest BCUT2D eigenvalue weighted by Crippen LogP contribution is 2.30. The fourth-order valence-corrected chi connectivity index (χ4v) is 3.39. The average Bonchev–Trinajstić information content (AvgIpc) is 2.31. The van der Waals surface area contributed by atoms with Crippen molar-refractivity contribution in [3.63, 3.8) is 0 Å². The Balaban J connectivity index is 2.00. The second-order valence-electron chi connectivity index (χ2n) is 7.57. The molecule has 0 aliphatic carbocycles. The monoisotopic (exact) mass is 296 g/mol. The molecule has 1 aliphatic rings. The SMILES string of the molecule is CC(C)(C)CC1CC(N)CN(Cc2ccc(F)c(F)c2)C1. The number of nitrogens with two attached hydrogens (primary N) is 1. The maximum absolute atomic E-state index is 13.3. The molecule has 1 aliphatic heterocycles. The van der Waals surface area contributed by atoms with Gasteiger partial charge in [-0.25, -0.2) is 8.78 Å². The Morgan fingerprint density at radius 3 is 2.52 bits per heavy atom. The van der Waals surface area contributed by atoms with E-state index in [1.54, 1.807) is 6.07 Å². The van der Waals surface area contributed by atoms with Gasteiger partial charge in [-0.3, -0.25) is 4.90 Å². The smallest absolute Gasteiger partial charge is 0.159 e. The lowest BCUT2D eigenvalue weighted by Gasteiger charge is -2.38. The third kappa shape index (κ3) is 5.04. The van der Waals surface area contributed by atoms with E-state index in [-0.39, 0.29) is 11.5 Å². The van der Waals surface area contributed by atoms with Crippen molar-refractivity contribution in [2.45, 2.75) is 46.2 Å². The van der Waals surface area contributed by atoms with Crippen LogP contribution < -0.4 is 5.73 Å². The molecule has 1 heterocycles. The highest BCUT2D eigenvalue weighted by atomic mass is 19.2. The van der Waals surface area contributed by atoms with Crippen molar-refractivity contribution >= 4 is 0 Å². The van der Waals surface area contributed by atoms with Crippen LogP contribution in [0.3, 0.4) is 0 Å². The third-order valence-electron chi connectivity index (χ3n) is 3.94. The minimum absolute atomic E-state index is 0.163. The van der Waals surface area contributed by atoms with Crippen LogP contribution in [0.4, 0.5) is 8.78 Å². The summed E-state index contributed by atoms with van der Waals surface area (Å²) in [6.07, 6.45) is 2.18. The van der Waals surface area contributed by atoms with E-state index < -0.39 is 11.6 Å². The van der Waals surface area contributed by atoms with Crippen molar-refractivity contribution in [2.75, 3.05) is 13.1 Å². The predicted molar refractivity (Wildman–Crippen MR) is 81.8 cm³/mol. The van der Waals surface area contributed by atoms with E-state index in [0.29, 0.717) is 12.5 Å². The Bertz CT molecular complexity index is 482. The highest BCUT2D eigenvalue weighted by Gasteiger charge is 2.28. The largest absolute Gasteiger partial charge is 0.327 e. The molecule has 0 bridgehead atoms. The Morgan fingerprint density at radius 2 is 1.90 bits per heavy atom. The number of hydrogen-bond donors (Lipinski definition) is 1. The zero-order valence-corrected chi connectivity index (χ0v) is 13.2. The quantitative estimate of drug-likeness (QED) is 0.924. The van der Waals surface area contributed by atoms with Crippen LogP contribution in [0.25, 0.3) is 0 Å². The number of nitrogens with zero attached hydrogens (tertiary/aromatic N) is 1. The van der Waals surface area contributed by atoms with Gasteiger partial charge in [-0.1, -0.05) is 26.8 Å². The lowest BCUT2D eigenvalue weighted by atomic mass is 9.80. The number of halogens is 2.